The van der Waals surface area contributed by atoms with Gasteiger partial charge in [-0.05, 0) is 44.5 Å². The van der Waals surface area contributed by atoms with Crippen molar-refractivity contribution in [3.63, 3.8) is 0 Å². The lowest BCUT2D eigenvalue weighted by atomic mass is 10.1. The summed E-state index contributed by atoms with van der Waals surface area (Å²) < 4.78 is 19.1. The topological polar surface area (TPSA) is 58.6 Å². The average molecular weight is 407 g/mol. The number of carbonyl (C=O) groups is 2. The van der Waals surface area contributed by atoms with Crippen LogP contribution in [-0.2, 0) is 16.1 Å². The predicted molar refractivity (Wildman–Crippen MR) is 107 cm³/mol. The highest BCUT2D eigenvalue weighted by Gasteiger charge is 2.27. The number of hydrogen-bond donors (Lipinski definition) is 1. The van der Waals surface area contributed by atoms with Gasteiger partial charge in [0.25, 0.3) is 5.91 Å². The molecule has 0 aliphatic rings. The van der Waals surface area contributed by atoms with Crippen molar-refractivity contribution < 1.29 is 18.7 Å². The van der Waals surface area contributed by atoms with Crippen LogP contribution in [0, 0.1) is 5.82 Å². The molecule has 1 atom stereocenters. The van der Waals surface area contributed by atoms with Crippen LogP contribution in [0.1, 0.15) is 26.3 Å². The van der Waals surface area contributed by atoms with Gasteiger partial charge in [-0.2, -0.15) is 0 Å². The Bertz CT molecular complexity index is 829. The molecule has 1 unspecified atom stereocenters. The summed E-state index contributed by atoms with van der Waals surface area (Å²) in [5.41, 5.74) is 0.701. The molecule has 2 aromatic rings. The SMILES string of the molecule is CC(C)NC(=O)C(C)N(Cc1ccccc1Cl)C(=O)COc1ccccc1F. The summed E-state index contributed by atoms with van der Waals surface area (Å²) in [7, 11) is 0. The van der Waals surface area contributed by atoms with Crippen LogP contribution in [0.4, 0.5) is 4.39 Å². The van der Waals surface area contributed by atoms with Crippen molar-refractivity contribution in [3.8, 4) is 5.75 Å². The third-order valence-electron chi connectivity index (χ3n) is 4.08. The summed E-state index contributed by atoms with van der Waals surface area (Å²) in [6, 6.07) is 12.1. The Kier molecular flexibility index (Phi) is 7.81. The van der Waals surface area contributed by atoms with Crippen molar-refractivity contribution in [3.05, 3.63) is 64.9 Å². The number of para-hydroxylation sites is 1. The zero-order valence-electron chi connectivity index (χ0n) is 16.1. The summed E-state index contributed by atoms with van der Waals surface area (Å²) in [6.07, 6.45) is 0. The first kappa shape index (κ1) is 21.7. The van der Waals surface area contributed by atoms with Crippen LogP contribution in [0.15, 0.2) is 48.5 Å². The molecular weight excluding hydrogens is 383 g/mol. The standard InChI is InChI=1S/C21H24ClFN2O3/c1-14(2)24-21(27)15(3)25(12-16-8-4-5-9-17(16)22)20(26)13-28-19-11-7-6-10-18(19)23/h4-11,14-15H,12-13H2,1-3H3,(H,24,27). The van der Waals surface area contributed by atoms with Gasteiger partial charge < -0.3 is 15.0 Å². The Hall–Kier alpha value is -2.60. The largest absolute Gasteiger partial charge is 0.481 e. The lowest BCUT2D eigenvalue weighted by molar-refractivity contribution is -0.142. The van der Waals surface area contributed by atoms with Crippen LogP contribution in [0.2, 0.25) is 5.02 Å². The summed E-state index contributed by atoms with van der Waals surface area (Å²) in [5.74, 6) is -1.32. The second kappa shape index (κ2) is 10.1. The molecule has 0 spiro atoms. The molecule has 0 aliphatic heterocycles. The Morgan fingerprint density at radius 1 is 1.11 bits per heavy atom. The highest BCUT2D eigenvalue weighted by atomic mass is 35.5. The minimum absolute atomic E-state index is 0.0205. The van der Waals surface area contributed by atoms with Gasteiger partial charge >= 0.3 is 0 Å². The molecule has 0 radical (unpaired) electrons. The second-order valence-electron chi connectivity index (χ2n) is 6.67. The van der Waals surface area contributed by atoms with E-state index in [2.05, 4.69) is 5.32 Å². The van der Waals surface area contributed by atoms with Gasteiger partial charge in [0, 0.05) is 17.6 Å². The van der Waals surface area contributed by atoms with Crippen molar-refractivity contribution in [2.24, 2.45) is 0 Å². The van der Waals surface area contributed by atoms with Crippen LogP contribution in [0.25, 0.3) is 0 Å². The number of rotatable bonds is 8. The summed E-state index contributed by atoms with van der Waals surface area (Å²) in [4.78, 5) is 26.7. The number of nitrogens with zero attached hydrogens (tertiary/aromatic N) is 1. The Morgan fingerprint density at radius 2 is 1.75 bits per heavy atom. The molecule has 7 heteroatoms. The fourth-order valence-corrected chi connectivity index (χ4v) is 2.78. The van der Waals surface area contributed by atoms with E-state index in [4.69, 9.17) is 16.3 Å². The van der Waals surface area contributed by atoms with Gasteiger partial charge in [0.15, 0.2) is 18.2 Å². The molecule has 2 amide bonds. The minimum Gasteiger partial charge on any atom is -0.481 e. The van der Waals surface area contributed by atoms with Crippen LogP contribution in [0.5, 0.6) is 5.75 Å². The normalized spacial score (nSPS) is 11.8. The summed E-state index contributed by atoms with van der Waals surface area (Å²) in [6.45, 7) is 5.05. The Morgan fingerprint density at radius 3 is 2.39 bits per heavy atom. The highest BCUT2D eigenvalue weighted by Crippen LogP contribution is 2.20. The fraction of sp³-hybridized carbons (Fsp3) is 0.333. The van der Waals surface area contributed by atoms with Gasteiger partial charge in [-0.25, -0.2) is 4.39 Å². The number of amides is 2. The van der Waals surface area contributed by atoms with E-state index in [9.17, 15) is 14.0 Å². The van der Waals surface area contributed by atoms with E-state index < -0.39 is 24.4 Å². The van der Waals surface area contributed by atoms with Crippen LogP contribution < -0.4 is 10.1 Å². The molecule has 1 N–H and O–H groups in total. The maximum Gasteiger partial charge on any atom is 0.261 e. The molecule has 0 aromatic heterocycles. The van der Waals surface area contributed by atoms with Gasteiger partial charge in [0.1, 0.15) is 6.04 Å². The molecule has 2 rings (SSSR count). The van der Waals surface area contributed by atoms with Crippen molar-refractivity contribution in [1.82, 2.24) is 10.2 Å². The number of hydrogen-bond acceptors (Lipinski definition) is 3. The van der Waals surface area contributed by atoms with Gasteiger partial charge in [-0.3, -0.25) is 9.59 Å². The third-order valence-corrected chi connectivity index (χ3v) is 4.45. The number of nitrogens with one attached hydrogen (secondary N) is 1. The van der Waals surface area contributed by atoms with Crippen LogP contribution >= 0.6 is 11.6 Å². The molecule has 0 saturated heterocycles. The number of ether oxygens (including phenoxy) is 1. The van der Waals surface area contributed by atoms with Crippen molar-refractivity contribution in [1.29, 1.82) is 0 Å². The average Bonchev–Trinajstić information content (AvgIpc) is 2.65. The number of halogens is 2. The Balaban J connectivity index is 2.18. The van der Waals surface area contributed by atoms with Crippen molar-refractivity contribution >= 4 is 23.4 Å². The van der Waals surface area contributed by atoms with Gasteiger partial charge in [0.05, 0.1) is 0 Å². The maximum absolute atomic E-state index is 13.7. The van der Waals surface area contributed by atoms with Crippen molar-refractivity contribution in [2.45, 2.75) is 39.4 Å². The van der Waals surface area contributed by atoms with E-state index in [1.54, 1.807) is 37.3 Å². The maximum atomic E-state index is 13.7. The van der Waals surface area contributed by atoms with Crippen LogP contribution in [0.3, 0.4) is 0 Å². The molecular formula is C21H24ClFN2O3. The first-order chi connectivity index (χ1) is 13.3. The zero-order valence-corrected chi connectivity index (χ0v) is 16.9. The van der Waals surface area contributed by atoms with Crippen LogP contribution in [-0.4, -0.2) is 35.4 Å². The molecule has 0 heterocycles. The smallest absolute Gasteiger partial charge is 0.261 e. The van der Waals surface area contributed by atoms with Crippen molar-refractivity contribution in [2.75, 3.05) is 6.61 Å². The van der Waals surface area contributed by atoms with Gasteiger partial charge in [-0.1, -0.05) is 41.9 Å². The van der Waals surface area contributed by atoms with E-state index in [-0.39, 0.29) is 24.2 Å². The molecule has 0 bridgehead atoms. The van der Waals surface area contributed by atoms with Gasteiger partial charge in [-0.15, -0.1) is 0 Å². The van der Waals surface area contributed by atoms with E-state index in [1.807, 2.05) is 13.8 Å². The van der Waals surface area contributed by atoms with E-state index in [1.165, 1.54) is 23.1 Å². The monoisotopic (exact) mass is 406 g/mol. The van der Waals surface area contributed by atoms with Gasteiger partial charge in [0.2, 0.25) is 5.91 Å². The van der Waals surface area contributed by atoms with E-state index in [0.717, 1.165) is 0 Å². The summed E-state index contributed by atoms with van der Waals surface area (Å²) >= 11 is 6.22. The molecule has 0 saturated carbocycles. The lowest BCUT2D eigenvalue weighted by Crippen LogP contribution is -2.50. The lowest BCUT2D eigenvalue weighted by Gasteiger charge is -2.29. The molecule has 0 fully saturated rings. The number of carbonyl (C=O) groups excluding carboxylic acids is 2. The first-order valence-electron chi connectivity index (χ1n) is 9.00. The Labute approximate surface area is 169 Å². The van der Waals surface area contributed by atoms with E-state index in [0.29, 0.717) is 10.6 Å². The minimum atomic E-state index is -0.754. The zero-order chi connectivity index (χ0) is 20.7. The quantitative estimate of drug-likeness (QED) is 0.725. The highest BCUT2D eigenvalue weighted by molar-refractivity contribution is 6.31. The fourth-order valence-electron chi connectivity index (χ4n) is 2.58. The predicted octanol–water partition coefficient (Wildman–Crippen LogP) is 3.80. The molecule has 5 nitrogen and oxygen atoms in total. The summed E-state index contributed by atoms with van der Waals surface area (Å²) in [5, 5.41) is 3.29. The van der Waals surface area contributed by atoms with E-state index >= 15 is 0 Å². The second-order valence-corrected chi connectivity index (χ2v) is 7.08. The first-order valence-corrected chi connectivity index (χ1v) is 9.38. The molecule has 2 aromatic carbocycles. The number of benzene rings is 2. The molecule has 150 valence electrons. The molecule has 28 heavy (non-hydrogen) atoms. The molecule has 0 aliphatic carbocycles. The third kappa shape index (κ3) is 5.96.